The van der Waals surface area contributed by atoms with Crippen LogP contribution in [0.3, 0.4) is 0 Å². The number of thiazole rings is 1. The Morgan fingerprint density at radius 3 is 2.79 bits per heavy atom. The molecule has 0 N–H and O–H groups in total. The van der Waals surface area contributed by atoms with Crippen molar-refractivity contribution in [3.05, 3.63) is 76.7 Å². The van der Waals surface area contributed by atoms with E-state index in [1.54, 1.807) is 18.2 Å². The Balaban J connectivity index is 1.40. The van der Waals surface area contributed by atoms with Gasteiger partial charge in [-0.1, -0.05) is 17.3 Å². The first-order chi connectivity index (χ1) is 13.6. The zero-order valence-electron chi connectivity index (χ0n) is 14.9. The summed E-state index contributed by atoms with van der Waals surface area (Å²) in [6.07, 6.45) is 2.97. The van der Waals surface area contributed by atoms with Gasteiger partial charge in [0.1, 0.15) is 23.1 Å². The number of carbonyl (C=O) groups is 1. The van der Waals surface area contributed by atoms with Crippen molar-refractivity contribution in [1.29, 1.82) is 0 Å². The minimum absolute atomic E-state index is 0.0143. The standard InChI is InChI=1S/C21H15FN2O3S/c1-13-17(24-27-21(13)14-6-8-15(22)9-7-14)12-26-20(25)11-10-19-23-16-4-2-3-5-18(16)28-19/h2-11H,12H2,1H3/b11-10+. The molecule has 0 aliphatic heterocycles. The third-order valence-electron chi connectivity index (χ3n) is 4.15. The van der Waals surface area contributed by atoms with Gasteiger partial charge in [-0.3, -0.25) is 0 Å². The van der Waals surface area contributed by atoms with Gasteiger partial charge >= 0.3 is 5.97 Å². The topological polar surface area (TPSA) is 65.2 Å². The van der Waals surface area contributed by atoms with Gasteiger partial charge in [-0.25, -0.2) is 14.2 Å². The number of benzene rings is 2. The lowest BCUT2D eigenvalue weighted by Crippen LogP contribution is -2.02. The van der Waals surface area contributed by atoms with Crippen LogP contribution in [0, 0.1) is 12.7 Å². The first-order valence-electron chi connectivity index (χ1n) is 8.51. The zero-order valence-corrected chi connectivity index (χ0v) is 15.7. The van der Waals surface area contributed by atoms with Gasteiger partial charge in [0.05, 0.1) is 10.2 Å². The minimum atomic E-state index is -0.495. The molecule has 0 aliphatic rings. The number of nitrogens with zero attached hydrogens (tertiary/aromatic N) is 2. The summed E-state index contributed by atoms with van der Waals surface area (Å²) < 4.78 is 24.7. The van der Waals surface area contributed by atoms with Crippen LogP contribution >= 0.6 is 11.3 Å². The van der Waals surface area contributed by atoms with Crippen molar-refractivity contribution in [1.82, 2.24) is 10.1 Å². The molecule has 0 amide bonds. The number of carbonyl (C=O) groups excluding carboxylic acids is 1. The van der Waals surface area contributed by atoms with Crippen molar-refractivity contribution in [2.24, 2.45) is 0 Å². The molecule has 2 heterocycles. The summed E-state index contributed by atoms with van der Waals surface area (Å²) in [4.78, 5) is 16.4. The van der Waals surface area contributed by atoms with Crippen molar-refractivity contribution in [3.63, 3.8) is 0 Å². The molecule has 0 aliphatic carbocycles. The van der Waals surface area contributed by atoms with Gasteiger partial charge in [-0.05, 0) is 49.4 Å². The maximum Gasteiger partial charge on any atom is 0.331 e. The molecular formula is C21H15FN2O3S. The SMILES string of the molecule is Cc1c(COC(=O)/C=C/c2nc3ccccc3s2)noc1-c1ccc(F)cc1. The Kier molecular flexibility index (Phi) is 4.99. The van der Waals surface area contributed by atoms with Crippen LogP contribution in [0.4, 0.5) is 4.39 Å². The van der Waals surface area contributed by atoms with E-state index in [2.05, 4.69) is 10.1 Å². The summed E-state index contributed by atoms with van der Waals surface area (Å²) >= 11 is 1.50. The molecule has 2 aromatic heterocycles. The highest BCUT2D eigenvalue weighted by Gasteiger charge is 2.15. The smallest absolute Gasteiger partial charge is 0.331 e. The van der Waals surface area contributed by atoms with Gasteiger partial charge in [0.25, 0.3) is 0 Å². The maximum atomic E-state index is 13.1. The molecule has 5 nitrogen and oxygen atoms in total. The molecule has 0 saturated heterocycles. The molecule has 4 rings (SSSR count). The lowest BCUT2D eigenvalue weighted by Gasteiger charge is -2.00. The Bertz CT molecular complexity index is 1130. The van der Waals surface area contributed by atoms with Gasteiger partial charge < -0.3 is 9.26 Å². The highest BCUT2D eigenvalue weighted by atomic mass is 32.1. The molecule has 0 unspecified atom stereocenters. The molecule has 0 atom stereocenters. The molecule has 7 heteroatoms. The monoisotopic (exact) mass is 394 g/mol. The van der Waals surface area contributed by atoms with Crippen LogP contribution in [0.5, 0.6) is 0 Å². The zero-order chi connectivity index (χ0) is 19.5. The first-order valence-corrected chi connectivity index (χ1v) is 9.33. The second-order valence-electron chi connectivity index (χ2n) is 6.05. The molecule has 0 radical (unpaired) electrons. The molecule has 4 aromatic rings. The van der Waals surface area contributed by atoms with E-state index in [0.29, 0.717) is 17.0 Å². The summed E-state index contributed by atoms with van der Waals surface area (Å²) in [6.45, 7) is 1.80. The lowest BCUT2D eigenvalue weighted by atomic mass is 10.1. The van der Waals surface area contributed by atoms with Crippen molar-refractivity contribution < 1.29 is 18.4 Å². The average Bonchev–Trinajstić information content (AvgIpc) is 3.28. The van der Waals surface area contributed by atoms with E-state index >= 15 is 0 Å². The summed E-state index contributed by atoms with van der Waals surface area (Å²) in [6, 6.07) is 13.7. The van der Waals surface area contributed by atoms with E-state index in [9.17, 15) is 9.18 Å². The number of fused-ring (bicyclic) bond motifs is 1. The van der Waals surface area contributed by atoms with Crippen molar-refractivity contribution in [2.45, 2.75) is 13.5 Å². The summed E-state index contributed by atoms with van der Waals surface area (Å²) in [7, 11) is 0. The quantitative estimate of drug-likeness (QED) is 0.346. The van der Waals surface area contributed by atoms with E-state index in [1.807, 2.05) is 31.2 Å². The summed E-state index contributed by atoms with van der Waals surface area (Å²) in [5.74, 6) is -0.295. The van der Waals surface area contributed by atoms with Crippen LogP contribution in [0.15, 0.2) is 59.1 Å². The van der Waals surface area contributed by atoms with Crippen LogP contribution in [-0.2, 0) is 16.1 Å². The number of hydrogen-bond donors (Lipinski definition) is 0. The third kappa shape index (κ3) is 3.84. The van der Waals surface area contributed by atoms with Gasteiger partial charge in [0, 0.05) is 17.2 Å². The predicted octanol–water partition coefficient (Wildman–Crippen LogP) is 5.16. The van der Waals surface area contributed by atoms with Crippen LogP contribution in [-0.4, -0.2) is 16.1 Å². The molecule has 0 spiro atoms. The van der Waals surface area contributed by atoms with Crippen molar-refractivity contribution in [3.8, 4) is 11.3 Å². The van der Waals surface area contributed by atoms with E-state index in [4.69, 9.17) is 9.26 Å². The van der Waals surface area contributed by atoms with Gasteiger partial charge in [0.15, 0.2) is 5.76 Å². The Hall–Kier alpha value is -3.32. The van der Waals surface area contributed by atoms with Gasteiger partial charge in [-0.2, -0.15) is 0 Å². The van der Waals surface area contributed by atoms with E-state index in [1.165, 1.54) is 29.5 Å². The third-order valence-corrected chi connectivity index (χ3v) is 5.15. The first kappa shape index (κ1) is 18.1. The van der Waals surface area contributed by atoms with Gasteiger partial charge in [0.2, 0.25) is 0 Å². The van der Waals surface area contributed by atoms with E-state index in [0.717, 1.165) is 20.8 Å². The number of rotatable bonds is 5. The molecule has 0 saturated carbocycles. The Morgan fingerprint density at radius 1 is 1.21 bits per heavy atom. The van der Waals surface area contributed by atoms with Crippen LogP contribution in [0.2, 0.25) is 0 Å². The van der Waals surface area contributed by atoms with Crippen molar-refractivity contribution in [2.75, 3.05) is 0 Å². The van der Waals surface area contributed by atoms with Crippen LogP contribution in [0.1, 0.15) is 16.3 Å². The number of halogens is 1. The number of para-hydroxylation sites is 1. The fraction of sp³-hybridized carbons (Fsp3) is 0.0952. The fourth-order valence-corrected chi connectivity index (χ4v) is 3.53. The Labute approximate surface area is 164 Å². The van der Waals surface area contributed by atoms with Gasteiger partial charge in [-0.15, -0.1) is 11.3 Å². The second-order valence-corrected chi connectivity index (χ2v) is 7.11. The fourth-order valence-electron chi connectivity index (χ4n) is 2.66. The predicted molar refractivity (Wildman–Crippen MR) is 105 cm³/mol. The maximum absolute atomic E-state index is 13.1. The summed E-state index contributed by atoms with van der Waals surface area (Å²) in [5.41, 5.74) is 2.86. The van der Waals surface area contributed by atoms with E-state index in [-0.39, 0.29) is 12.4 Å². The van der Waals surface area contributed by atoms with Crippen LogP contribution < -0.4 is 0 Å². The number of ether oxygens (including phenoxy) is 1. The highest BCUT2D eigenvalue weighted by molar-refractivity contribution is 7.19. The normalized spacial score (nSPS) is 11.4. The summed E-state index contributed by atoms with van der Waals surface area (Å²) in [5, 5.41) is 4.68. The molecule has 140 valence electrons. The average molecular weight is 394 g/mol. The number of hydrogen-bond acceptors (Lipinski definition) is 6. The highest BCUT2D eigenvalue weighted by Crippen LogP contribution is 2.26. The second kappa shape index (κ2) is 7.74. The molecule has 28 heavy (non-hydrogen) atoms. The molecular weight excluding hydrogens is 379 g/mol. The number of esters is 1. The van der Waals surface area contributed by atoms with Crippen molar-refractivity contribution >= 4 is 33.6 Å². The minimum Gasteiger partial charge on any atom is -0.456 e. The molecule has 0 bridgehead atoms. The number of aromatic nitrogens is 2. The molecule has 2 aromatic carbocycles. The lowest BCUT2D eigenvalue weighted by molar-refractivity contribution is -0.139. The molecule has 0 fully saturated rings. The Morgan fingerprint density at radius 2 is 2.00 bits per heavy atom. The largest absolute Gasteiger partial charge is 0.456 e. The van der Waals surface area contributed by atoms with Crippen LogP contribution in [0.25, 0.3) is 27.6 Å². The van der Waals surface area contributed by atoms with E-state index < -0.39 is 5.97 Å².